The topological polar surface area (TPSA) is 12.9 Å². The van der Waals surface area contributed by atoms with Crippen molar-refractivity contribution in [3.8, 4) is 11.1 Å². The summed E-state index contributed by atoms with van der Waals surface area (Å²) >= 11 is 0. The first-order valence-electron chi connectivity index (χ1n) is 4.57. The van der Waals surface area contributed by atoms with Gasteiger partial charge in [-0.15, -0.1) is 0 Å². The molecule has 0 aliphatic rings. The van der Waals surface area contributed by atoms with Gasteiger partial charge in [-0.2, -0.15) is 0 Å². The number of nitrogens with zero attached hydrogens (tertiary/aromatic N) is 1. The Labute approximate surface area is 86.4 Å². The monoisotopic (exact) mass is 205 g/mol. The minimum atomic E-state index is -2.52. The largest absolute Gasteiger partial charge is 0.280 e. The highest BCUT2D eigenvalue weighted by Crippen LogP contribution is 2.23. The maximum atomic E-state index is 12.4. The third-order valence-corrected chi connectivity index (χ3v) is 2.11. The quantitative estimate of drug-likeness (QED) is 0.728. The van der Waals surface area contributed by atoms with E-state index < -0.39 is 6.43 Å². The van der Waals surface area contributed by atoms with E-state index in [0.717, 1.165) is 11.1 Å². The fourth-order valence-electron chi connectivity index (χ4n) is 1.38. The van der Waals surface area contributed by atoms with Crippen LogP contribution in [-0.4, -0.2) is 4.98 Å². The molecule has 0 aliphatic carbocycles. The van der Waals surface area contributed by atoms with Crippen molar-refractivity contribution in [1.82, 2.24) is 4.98 Å². The summed E-state index contributed by atoms with van der Waals surface area (Å²) < 4.78 is 24.8. The molecule has 1 aromatic carbocycles. The van der Waals surface area contributed by atoms with Gasteiger partial charge in [-0.05, 0) is 23.3 Å². The van der Waals surface area contributed by atoms with Crippen molar-refractivity contribution < 1.29 is 8.78 Å². The van der Waals surface area contributed by atoms with E-state index in [-0.39, 0.29) is 5.69 Å². The van der Waals surface area contributed by atoms with Gasteiger partial charge < -0.3 is 0 Å². The molecule has 0 spiro atoms. The fraction of sp³-hybridized carbons (Fsp3) is 0.0833. The van der Waals surface area contributed by atoms with Crippen molar-refractivity contribution in [2.75, 3.05) is 0 Å². The van der Waals surface area contributed by atoms with Crippen LogP contribution in [0.5, 0.6) is 0 Å². The molecule has 1 nitrogen and oxygen atoms in total. The van der Waals surface area contributed by atoms with Crippen LogP contribution in [0.4, 0.5) is 8.78 Å². The molecule has 1 aromatic heterocycles. The summed E-state index contributed by atoms with van der Waals surface area (Å²) in [6.07, 6.45) is -1.11. The fourth-order valence-corrected chi connectivity index (χ4v) is 1.38. The van der Waals surface area contributed by atoms with Gasteiger partial charge in [0.25, 0.3) is 6.43 Å². The Morgan fingerprint density at radius 1 is 0.933 bits per heavy atom. The molecule has 0 radical (unpaired) electrons. The lowest BCUT2D eigenvalue weighted by molar-refractivity contribution is 0.146. The first kappa shape index (κ1) is 9.77. The minimum Gasteiger partial charge on any atom is -0.255 e. The molecule has 0 bridgehead atoms. The van der Waals surface area contributed by atoms with Gasteiger partial charge in [0.2, 0.25) is 0 Å². The Morgan fingerprint density at radius 2 is 1.67 bits per heavy atom. The predicted octanol–water partition coefficient (Wildman–Crippen LogP) is 3.69. The average Bonchev–Trinajstić information content (AvgIpc) is 2.30. The Kier molecular flexibility index (Phi) is 2.72. The second-order valence-corrected chi connectivity index (χ2v) is 3.14. The molecule has 0 amide bonds. The van der Waals surface area contributed by atoms with Crippen molar-refractivity contribution in [2.24, 2.45) is 0 Å². The van der Waals surface area contributed by atoms with Crippen molar-refractivity contribution in [2.45, 2.75) is 6.43 Å². The van der Waals surface area contributed by atoms with Crippen LogP contribution < -0.4 is 0 Å². The highest BCUT2D eigenvalue weighted by atomic mass is 19.3. The van der Waals surface area contributed by atoms with E-state index in [9.17, 15) is 8.78 Å². The van der Waals surface area contributed by atoms with Crippen molar-refractivity contribution in [3.63, 3.8) is 0 Å². The maximum absolute atomic E-state index is 12.4. The van der Waals surface area contributed by atoms with Gasteiger partial charge in [-0.3, -0.25) is 4.98 Å². The number of aromatic nitrogens is 1. The van der Waals surface area contributed by atoms with Gasteiger partial charge >= 0.3 is 0 Å². The number of pyridine rings is 1. The lowest BCUT2D eigenvalue weighted by Crippen LogP contribution is -1.89. The van der Waals surface area contributed by atoms with Gasteiger partial charge in [-0.25, -0.2) is 8.78 Å². The molecule has 15 heavy (non-hydrogen) atoms. The molecule has 0 saturated heterocycles. The van der Waals surface area contributed by atoms with E-state index in [1.54, 1.807) is 6.07 Å². The van der Waals surface area contributed by atoms with E-state index in [1.165, 1.54) is 12.3 Å². The van der Waals surface area contributed by atoms with Crippen LogP contribution in [0.15, 0.2) is 48.7 Å². The highest BCUT2D eigenvalue weighted by molar-refractivity contribution is 5.63. The van der Waals surface area contributed by atoms with Crippen LogP contribution in [0.3, 0.4) is 0 Å². The van der Waals surface area contributed by atoms with Gasteiger partial charge in [0.05, 0.1) is 0 Å². The SMILES string of the molecule is FC(F)c1cc(-c2ccccc2)ccn1. The zero-order valence-electron chi connectivity index (χ0n) is 7.90. The molecule has 2 aromatic rings. The Bertz CT molecular complexity index is 440. The van der Waals surface area contributed by atoms with Crippen LogP contribution in [0.2, 0.25) is 0 Å². The van der Waals surface area contributed by atoms with Crippen molar-refractivity contribution >= 4 is 0 Å². The predicted molar refractivity (Wildman–Crippen MR) is 54.6 cm³/mol. The van der Waals surface area contributed by atoms with Crippen LogP contribution in [0, 0.1) is 0 Å². The average molecular weight is 205 g/mol. The maximum Gasteiger partial charge on any atom is 0.280 e. The number of hydrogen-bond donors (Lipinski definition) is 0. The zero-order valence-corrected chi connectivity index (χ0v) is 7.90. The van der Waals surface area contributed by atoms with E-state index in [4.69, 9.17) is 0 Å². The molecular formula is C12H9F2N. The summed E-state index contributed by atoms with van der Waals surface area (Å²) in [6.45, 7) is 0. The number of hydrogen-bond acceptors (Lipinski definition) is 1. The Morgan fingerprint density at radius 3 is 2.33 bits per heavy atom. The summed E-state index contributed by atoms with van der Waals surface area (Å²) in [7, 11) is 0. The number of benzene rings is 1. The van der Waals surface area contributed by atoms with Gasteiger partial charge in [-0.1, -0.05) is 30.3 Å². The third kappa shape index (κ3) is 2.18. The molecule has 0 unspecified atom stereocenters. The molecule has 0 fully saturated rings. The number of halogens is 2. The lowest BCUT2D eigenvalue weighted by Gasteiger charge is -2.03. The Hall–Kier alpha value is -1.77. The van der Waals surface area contributed by atoms with Crippen LogP contribution in [0.1, 0.15) is 12.1 Å². The van der Waals surface area contributed by atoms with E-state index in [2.05, 4.69) is 4.98 Å². The smallest absolute Gasteiger partial charge is 0.255 e. The molecule has 0 N–H and O–H groups in total. The summed E-state index contributed by atoms with van der Waals surface area (Å²) in [5.41, 5.74) is 1.50. The molecule has 3 heteroatoms. The van der Waals surface area contributed by atoms with Gasteiger partial charge in [0.1, 0.15) is 5.69 Å². The molecule has 0 saturated carbocycles. The number of alkyl halides is 2. The molecule has 0 aliphatic heterocycles. The van der Waals surface area contributed by atoms with E-state index in [0.29, 0.717) is 0 Å². The lowest BCUT2D eigenvalue weighted by atomic mass is 10.1. The molecule has 0 atom stereocenters. The zero-order chi connectivity index (χ0) is 10.7. The van der Waals surface area contributed by atoms with Crippen LogP contribution >= 0.6 is 0 Å². The second-order valence-electron chi connectivity index (χ2n) is 3.14. The van der Waals surface area contributed by atoms with Crippen LogP contribution in [-0.2, 0) is 0 Å². The molecule has 2 rings (SSSR count). The third-order valence-electron chi connectivity index (χ3n) is 2.11. The highest BCUT2D eigenvalue weighted by Gasteiger charge is 2.09. The first-order valence-corrected chi connectivity index (χ1v) is 4.57. The summed E-state index contributed by atoms with van der Waals surface area (Å²) in [5.74, 6) is 0. The minimum absolute atomic E-state index is 0.184. The van der Waals surface area contributed by atoms with Crippen molar-refractivity contribution in [3.05, 3.63) is 54.4 Å². The Balaban J connectivity index is 2.42. The first-order chi connectivity index (χ1) is 7.27. The summed E-state index contributed by atoms with van der Waals surface area (Å²) in [4.78, 5) is 3.61. The standard InChI is InChI=1S/C12H9F2N/c13-12(14)11-8-10(6-7-15-11)9-4-2-1-3-5-9/h1-8,12H. The van der Waals surface area contributed by atoms with Crippen LogP contribution in [0.25, 0.3) is 11.1 Å². The van der Waals surface area contributed by atoms with Gasteiger partial charge in [0, 0.05) is 6.20 Å². The summed E-state index contributed by atoms with van der Waals surface area (Å²) in [6, 6.07) is 12.5. The van der Waals surface area contributed by atoms with E-state index >= 15 is 0 Å². The molecular weight excluding hydrogens is 196 g/mol. The van der Waals surface area contributed by atoms with Gasteiger partial charge in [0.15, 0.2) is 0 Å². The van der Waals surface area contributed by atoms with Crippen molar-refractivity contribution in [1.29, 1.82) is 0 Å². The van der Waals surface area contributed by atoms with E-state index in [1.807, 2.05) is 30.3 Å². The molecule has 76 valence electrons. The number of rotatable bonds is 2. The normalized spacial score (nSPS) is 10.6. The molecule has 1 heterocycles. The second kappa shape index (κ2) is 4.17. The summed E-state index contributed by atoms with van der Waals surface area (Å²) in [5, 5.41) is 0.